The van der Waals surface area contributed by atoms with Gasteiger partial charge in [0.1, 0.15) is 5.82 Å². The Bertz CT molecular complexity index is 1380. The highest BCUT2D eigenvalue weighted by atomic mass is 16.3. The number of rotatable bonds is 7. The fourth-order valence-corrected chi connectivity index (χ4v) is 4.20. The molecule has 0 aliphatic carbocycles. The van der Waals surface area contributed by atoms with Crippen LogP contribution in [-0.4, -0.2) is 38.0 Å². The molecule has 1 aliphatic rings. The number of pyridine rings is 1. The van der Waals surface area contributed by atoms with E-state index >= 15 is 0 Å². The van der Waals surface area contributed by atoms with Gasteiger partial charge in [-0.3, -0.25) is 19.3 Å². The van der Waals surface area contributed by atoms with Crippen LogP contribution < -0.4 is 21.1 Å². The molecule has 2 aromatic heterocycles. The number of hydrogen-bond acceptors (Lipinski definition) is 7. The Hall–Kier alpha value is -4.31. The number of anilines is 4. The Labute approximate surface area is 208 Å². The summed E-state index contributed by atoms with van der Waals surface area (Å²) >= 11 is 0. The summed E-state index contributed by atoms with van der Waals surface area (Å²) in [5.74, 6) is -0.0293. The lowest BCUT2D eigenvalue weighted by Crippen LogP contribution is -2.41. The maximum absolute atomic E-state index is 12.9. The van der Waals surface area contributed by atoms with Gasteiger partial charge in [0.15, 0.2) is 5.82 Å². The summed E-state index contributed by atoms with van der Waals surface area (Å²) in [6.45, 7) is 5.50. The van der Waals surface area contributed by atoms with Crippen LogP contribution in [0.5, 0.6) is 0 Å². The van der Waals surface area contributed by atoms with E-state index in [0.717, 1.165) is 12.8 Å². The molecule has 2 amide bonds. The second-order valence-corrected chi connectivity index (χ2v) is 8.64. The van der Waals surface area contributed by atoms with Gasteiger partial charge in [-0.25, -0.2) is 9.97 Å². The Morgan fingerprint density at radius 3 is 2.81 bits per heavy atom. The van der Waals surface area contributed by atoms with Crippen molar-refractivity contribution < 1.29 is 14.7 Å². The van der Waals surface area contributed by atoms with Crippen molar-refractivity contribution in [3.05, 3.63) is 71.3 Å². The first kappa shape index (κ1) is 24.8. The van der Waals surface area contributed by atoms with E-state index in [1.807, 2.05) is 6.92 Å². The van der Waals surface area contributed by atoms with Crippen LogP contribution in [0.25, 0.3) is 11.3 Å². The number of nitrogens with zero attached hydrogens (tertiary/aromatic N) is 4. The number of amides is 2. The van der Waals surface area contributed by atoms with Gasteiger partial charge >= 0.3 is 0 Å². The maximum atomic E-state index is 12.9. The van der Waals surface area contributed by atoms with E-state index in [2.05, 4.69) is 27.2 Å². The van der Waals surface area contributed by atoms with Crippen molar-refractivity contribution in [3.63, 3.8) is 0 Å². The topological polar surface area (TPSA) is 129 Å². The molecule has 0 saturated carbocycles. The summed E-state index contributed by atoms with van der Waals surface area (Å²) < 4.78 is 1.39. The molecule has 3 aromatic rings. The molecule has 1 atom stereocenters. The van der Waals surface area contributed by atoms with Gasteiger partial charge in [0, 0.05) is 54.4 Å². The normalized spacial score (nSPS) is 15.5. The molecule has 1 fully saturated rings. The smallest absolute Gasteiger partial charge is 0.293 e. The number of carbonyl (C=O) groups is 2. The average molecular weight is 489 g/mol. The zero-order valence-electron chi connectivity index (χ0n) is 20.2. The Balaban J connectivity index is 1.73. The number of aliphatic hydroxyl groups excluding tert-OH is 1. The van der Waals surface area contributed by atoms with Crippen LogP contribution in [0.3, 0.4) is 0 Å². The number of benzene rings is 1. The Morgan fingerprint density at radius 2 is 2.06 bits per heavy atom. The van der Waals surface area contributed by atoms with Crippen molar-refractivity contribution in [2.24, 2.45) is 13.0 Å². The van der Waals surface area contributed by atoms with E-state index in [9.17, 15) is 19.5 Å². The average Bonchev–Trinajstić information content (AvgIpc) is 2.88. The highest BCUT2D eigenvalue weighted by molar-refractivity contribution is 5.99. The van der Waals surface area contributed by atoms with Crippen LogP contribution in [0.4, 0.5) is 23.0 Å². The van der Waals surface area contributed by atoms with Crippen LogP contribution in [0.15, 0.2) is 60.2 Å². The number of piperidine rings is 1. The fourth-order valence-electron chi connectivity index (χ4n) is 4.20. The van der Waals surface area contributed by atoms with Crippen molar-refractivity contribution in [2.75, 3.05) is 22.1 Å². The first-order valence-electron chi connectivity index (χ1n) is 11.6. The van der Waals surface area contributed by atoms with E-state index in [0.29, 0.717) is 40.6 Å². The van der Waals surface area contributed by atoms with Crippen molar-refractivity contribution in [1.29, 1.82) is 0 Å². The Kier molecular flexibility index (Phi) is 7.25. The standard InChI is InChI=1S/C26H28N6O4/c1-4-22(34)28-17-8-5-9-18(13-17)29-23-26(36)31(3)14-21(30-23)19-10-11-27-24(20(19)15-33)32-12-6-7-16(2)25(32)35/h4-5,8-11,13-14,16,33H,1,6-7,12,15H2,2-3H3,(H,28,34)(H,29,30). The minimum absolute atomic E-state index is 0.0280. The van der Waals surface area contributed by atoms with Crippen LogP contribution in [0.1, 0.15) is 25.3 Å². The molecule has 3 heterocycles. The van der Waals surface area contributed by atoms with Crippen LogP contribution >= 0.6 is 0 Å². The third-order valence-corrected chi connectivity index (χ3v) is 6.08. The number of hydrogen-bond donors (Lipinski definition) is 3. The summed E-state index contributed by atoms with van der Waals surface area (Å²) in [6, 6.07) is 8.55. The molecule has 10 heteroatoms. The van der Waals surface area contributed by atoms with Gasteiger partial charge in [-0.15, -0.1) is 0 Å². The van der Waals surface area contributed by atoms with E-state index < -0.39 is 0 Å². The zero-order valence-corrected chi connectivity index (χ0v) is 20.2. The highest BCUT2D eigenvalue weighted by Gasteiger charge is 2.29. The fraction of sp³-hybridized carbons (Fsp3) is 0.269. The molecule has 1 aliphatic heterocycles. The van der Waals surface area contributed by atoms with Crippen molar-refractivity contribution in [3.8, 4) is 11.3 Å². The summed E-state index contributed by atoms with van der Waals surface area (Å²) in [5, 5.41) is 16.0. The van der Waals surface area contributed by atoms with Gasteiger partial charge in [-0.05, 0) is 43.2 Å². The zero-order chi connectivity index (χ0) is 25.8. The predicted octanol–water partition coefficient (Wildman–Crippen LogP) is 2.97. The Morgan fingerprint density at radius 1 is 1.28 bits per heavy atom. The maximum Gasteiger partial charge on any atom is 0.293 e. The molecule has 1 unspecified atom stereocenters. The lowest BCUT2D eigenvalue weighted by atomic mass is 9.98. The van der Waals surface area contributed by atoms with E-state index in [-0.39, 0.29) is 35.7 Å². The van der Waals surface area contributed by atoms with Gasteiger partial charge in [-0.1, -0.05) is 19.6 Å². The van der Waals surface area contributed by atoms with Crippen molar-refractivity contribution in [2.45, 2.75) is 26.4 Å². The van der Waals surface area contributed by atoms with E-state index in [4.69, 9.17) is 0 Å². The summed E-state index contributed by atoms with van der Waals surface area (Å²) in [5.41, 5.74) is 2.18. The third kappa shape index (κ3) is 5.03. The van der Waals surface area contributed by atoms with Crippen LogP contribution in [-0.2, 0) is 23.2 Å². The summed E-state index contributed by atoms with van der Waals surface area (Å²) in [7, 11) is 1.61. The second kappa shape index (κ2) is 10.5. The minimum atomic E-state index is -0.362. The van der Waals surface area contributed by atoms with Crippen molar-refractivity contribution >= 4 is 34.8 Å². The molecule has 4 rings (SSSR count). The van der Waals surface area contributed by atoms with E-state index in [1.54, 1.807) is 54.7 Å². The molecule has 3 N–H and O–H groups in total. The molecule has 0 spiro atoms. The molecular formula is C26H28N6O4. The molecular weight excluding hydrogens is 460 g/mol. The van der Waals surface area contributed by atoms with Gasteiger partial charge < -0.3 is 20.3 Å². The molecule has 10 nitrogen and oxygen atoms in total. The molecule has 1 saturated heterocycles. The van der Waals surface area contributed by atoms with Gasteiger partial charge in [0.05, 0.1) is 12.3 Å². The van der Waals surface area contributed by atoms with Crippen molar-refractivity contribution in [1.82, 2.24) is 14.5 Å². The molecule has 186 valence electrons. The lowest BCUT2D eigenvalue weighted by molar-refractivity contribution is -0.123. The largest absolute Gasteiger partial charge is 0.392 e. The van der Waals surface area contributed by atoms with E-state index in [1.165, 1.54) is 10.6 Å². The van der Waals surface area contributed by atoms with Gasteiger partial charge in [-0.2, -0.15) is 0 Å². The van der Waals surface area contributed by atoms with Gasteiger partial charge in [0.25, 0.3) is 5.56 Å². The summed E-state index contributed by atoms with van der Waals surface area (Å²) in [4.78, 5) is 47.9. The number of aliphatic hydroxyl groups is 1. The number of nitrogens with one attached hydrogen (secondary N) is 2. The molecule has 0 radical (unpaired) electrons. The predicted molar refractivity (Wildman–Crippen MR) is 138 cm³/mol. The minimum Gasteiger partial charge on any atom is -0.392 e. The molecule has 0 bridgehead atoms. The first-order valence-corrected chi connectivity index (χ1v) is 11.6. The monoisotopic (exact) mass is 488 g/mol. The first-order chi connectivity index (χ1) is 17.3. The highest BCUT2D eigenvalue weighted by Crippen LogP contribution is 2.32. The second-order valence-electron chi connectivity index (χ2n) is 8.64. The SMILES string of the molecule is C=CC(=O)Nc1cccc(Nc2nc(-c3ccnc(N4CCCC(C)C4=O)c3CO)cn(C)c2=O)c1. The quantitative estimate of drug-likeness (QED) is 0.436. The van der Waals surface area contributed by atoms with Crippen LogP contribution in [0, 0.1) is 5.92 Å². The third-order valence-electron chi connectivity index (χ3n) is 6.08. The molecule has 1 aromatic carbocycles. The summed E-state index contributed by atoms with van der Waals surface area (Å²) in [6.07, 6.45) is 5.98. The number of aromatic nitrogens is 3. The lowest BCUT2D eigenvalue weighted by Gasteiger charge is -2.31. The number of aryl methyl sites for hydroxylation is 1. The van der Waals surface area contributed by atoms with Crippen LogP contribution in [0.2, 0.25) is 0 Å². The number of carbonyl (C=O) groups excluding carboxylic acids is 2. The van der Waals surface area contributed by atoms with Gasteiger partial charge in [0.2, 0.25) is 11.8 Å². The molecule has 36 heavy (non-hydrogen) atoms.